The molecule has 146 valence electrons. The lowest BCUT2D eigenvalue weighted by Gasteiger charge is -2.14. The average Bonchev–Trinajstić information content (AvgIpc) is 3.12. The number of benzene rings is 2. The zero-order valence-electron chi connectivity index (χ0n) is 15.9. The first-order valence-corrected chi connectivity index (χ1v) is 9.16. The number of hydrogen-bond acceptors (Lipinski definition) is 4. The highest BCUT2D eigenvalue weighted by Gasteiger charge is 2.23. The van der Waals surface area contributed by atoms with Crippen molar-refractivity contribution in [1.29, 1.82) is 0 Å². The molecule has 1 aliphatic heterocycles. The second-order valence-electron chi connectivity index (χ2n) is 6.84. The Labute approximate surface area is 163 Å². The highest BCUT2D eigenvalue weighted by molar-refractivity contribution is 5.96. The summed E-state index contributed by atoms with van der Waals surface area (Å²) in [5.74, 6) is -0.396. The van der Waals surface area contributed by atoms with E-state index in [4.69, 9.17) is 4.74 Å². The third-order valence-corrected chi connectivity index (χ3v) is 4.38. The molecule has 0 atom stereocenters. The Balaban J connectivity index is 1.58. The van der Waals surface area contributed by atoms with Crippen molar-refractivity contribution in [1.82, 2.24) is 5.32 Å². The van der Waals surface area contributed by atoms with Crippen LogP contribution in [0.1, 0.15) is 29.8 Å². The predicted molar refractivity (Wildman–Crippen MR) is 106 cm³/mol. The minimum Gasteiger partial charge on any atom is -0.447 e. The molecule has 3 rings (SSSR count). The molecule has 0 bridgehead atoms. The summed E-state index contributed by atoms with van der Waals surface area (Å²) in [5.41, 5.74) is 2.79. The fourth-order valence-electron chi connectivity index (χ4n) is 2.74. The van der Waals surface area contributed by atoms with Crippen LogP contribution in [0.15, 0.2) is 48.5 Å². The molecule has 7 heteroatoms. The van der Waals surface area contributed by atoms with E-state index >= 15 is 0 Å². The average molecular weight is 381 g/mol. The van der Waals surface area contributed by atoms with E-state index in [9.17, 15) is 14.4 Å². The molecule has 3 amide bonds. The van der Waals surface area contributed by atoms with Gasteiger partial charge in [-0.05, 0) is 42.0 Å². The first-order chi connectivity index (χ1) is 13.4. The zero-order chi connectivity index (χ0) is 20.1. The van der Waals surface area contributed by atoms with Crippen molar-refractivity contribution in [2.45, 2.75) is 20.4 Å². The quantitative estimate of drug-likeness (QED) is 0.805. The second kappa shape index (κ2) is 8.56. The van der Waals surface area contributed by atoms with Crippen LogP contribution in [0.25, 0.3) is 0 Å². The van der Waals surface area contributed by atoms with Gasteiger partial charge in [0.1, 0.15) is 6.61 Å². The van der Waals surface area contributed by atoms with Crippen molar-refractivity contribution in [2.24, 2.45) is 5.92 Å². The van der Waals surface area contributed by atoms with Gasteiger partial charge in [-0.2, -0.15) is 0 Å². The van der Waals surface area contributed by atoms with Crippen molar-refractivity contribution in [3.8, 4) is 0 Å². The van der Waals surface area contributed by atoms with E-state index in [1.165, 1.54) is 0 Å². The van der Waals surface area contributed by atoms with E-state index < -0.39 is 0 Å². The van der Waals surface area contributed by atoms with Crippen LogP contribution in [0.4, 0.5) is 16.2 Å². The van der Waals surface area contributed by atoms with Gasteiger partial charge in [-0.1, -0.05) is 26.0 Å². The Kier molecular flexibility index (Phi) is 5.93. The van der Waals surface area contributed by atoms with Gasteiger partial charge in [-0.25, -0.2) is 4.79 Å². The molecule has 0 spiro atoms. The first kappa shape index (κ1) is 19.4. The molecule has 1 saturated heterocycles. The molecule has 1 aliphatic rings. The predicted octanol–water partition coefficient (Wildman–Crippen LogP) is 3.17. The largest absolute Gasteiger partial charge is 0.447 e. The van der Waals surface area contributed by atoms with Crippen LogP contribution in [0, 0.1) is 5.92 Å². The summed E-state index contributed by atoms with van der Waals surface area (Å²) in [7, 11) is 0. The Morgan fingerprint density at radius 2 is 1.89 bits per heavy atom. The van der Waals surface area contributed by atoms with Crippen molar-refractivity contribution < 1.29 is 19.1 Å². The third-order valence-electron chi connectivity index (χ3n) is 4.38. The fraction of sp³-hybridized carbons (Fsp3) is 0.286. The number of cyclic esters (lactones) is 1. The highest BCUT2D eigenvalue weighted by Crippen LogP contribution is 2.20. The van der Waals surface area contributed by atoms with Gasteiger partial charge in [0, 0.05) is 29.4 Å². The molecule has 7 nitrogen and oxygen atoms in total. The number of anilines is 2. The van der Waals surface area contributed by atoms with Crippen molar-refractivity contribution in [3.63, 3.8) is 0 Å². The molecule has 0 aliphatic carbocycles. The number of hydrogen-bond donors (Lipinski definition) is 2. The first-order valence-electron chi connectivity index (χ1n) is 9.16. The number of nitrogens with one attached hydrogen (secondary N) is 2. The normalized spacial score (nSPS) is 13.4. The molecule has 0 aromatic heterocycles. The maximum Gasteiger partial charge on any atom is 0.414 e. The van der Waals surface area contributed by atoms with Gasteiger partial charge in [0.15, 0.2) is 0 Å². The fourth-order valence-corrected chi connectivity index (χ4v) is 2.74. The summed E-state index contributed by atoms with van der Waals surface area (Å²) in [6, 6.07) is 14.2. The lowest BCUT2D eigenvalue weighted by Crippen LogP contribution is -2.25. The van der Waals surface area contributed by atoms with E-state index in [-0.39, 0.29) is 23.8 Å². The summed E-state index contributed by atoms with van der Waals surface area (Å²) in [6.07, 6.45) is -0.356. The summed E-state index contributed by atoms with van der Waals surface area (Å²) >= 11 is 0. The highest BCUT2D eigenvalue weighted by atomic mass is 16.6. The molecule has 1 heterocycles. The van der Waals surface area contributed by atoms with Gasteiger partial charge in [0.25, 0.3) is 5.91 Å². The minimum atomic E-state index is -0.356. The smallest absolute Gasteiger partial charge is 0.414 e. The lowest BCUT2D eigenvalue weighted by atomic mass is 10.1. The molecule has 0 radical (unpaired) electrons. The minimum absolute atomic E-state index is 0.0704. The van der Waals surface area contributed by atoms with E-state index in [2.05, 4.69) is 10.6 Å². The van der Waals surface area contributed by atoms with Crippen molar-refractivity contribution in [3.05, 3.63) is 59.7 Å². The summed E-state index contributed by atoms with van der Waals surface area (Å²) in [5, 5.41) is 5.65. The lowest BCUT2D eigenvalue weighted by molar-refractivity contribution is -0.118. The summed E-state index contributed by atoms with van der Waals surface area (Å²) in [6.45, 7) is 4.88. The maximum atomic E-state index is 12.4. The molecule has 2 aromatic carbocycles. The van der Waals surface area contributed by atoms with Crippen LogP contribution >= 0.6 is 0 Å². The number of ether oxygens (including phenoxy) is 1. The molecule has 2 N–H and O–H groups in total. The van der Waals surface area contributed by atoms with Gasteiger partial charge in [0.05, 0.1) is 6.54 Å². The molecular formula is C21H23N3O4. The molecule has 0 saturated carbocycles. The number of nitrogens with zero attached hydrogens (tertiary/aromatic N) is 1. The van der Waals surface area contributed by atoms with E-state index in [0.29, 0.717) is 30.9 Å². The molecule has 2 aromatic rings. The van der Waals surface area contributed by atoms with Gasteiger partial charge < -0.3 is 15.4 Å². The zero-order valence-corrected chi connectivity index (χ0v) is 15.9. The Morgan fingerprint density at radius 3 is 2.54 bits per heavy atom. The van der Waals surface area contributed by atoms with Crippen LogP contribution in [-0.2, 0) is 16.1 Å². The van der Waals surface area contributed by atoms with Crippen LogP contribution in [0.5, 0.6) is 0 Å². The number of amides is 3. The molecule has 28 heavy (non-hydrogen) atoms. The standard InChI is InChI=1S/C21H23N3O4/c1-14(2)19(25)23-17-8-6-16(7-9-17)20(26)22-13-15-4-3-5-18(12-15)24-10-11-28-21(24)27/h3-9,12,14H,10-11,13H2,1-2H3,(H,22,26)(H,23,25). The number of rotatable bonds is 6. The van der Waals surface area contributed by atoms with Crippen LogP contribution < -0.4 is 15.5 Å². The maximum absolute atomic E-state index is 12.4. The molecular weight excluding hydrogens is 358 g/mol. The molecule has 1 fully saturated rings. The van der Waals surface area contributed by atoms with Gasteiger partial charge >= 0.3 is 6.09 Å². The second-order valence-corrected chi connectivity index (χ2v) is 6.84. The summed E-state index contributed by atoms with van der Waals surface area (Å²) in [4.78, 5) is 37.3. The third kappa shape index (κ3) is 4.68. The monoisotopic (exact) mass is 381 g/mol. The Morgan fingerprint density at radius 1 is 1.14 bits per heavy atom. The van der Waals surface area contributed by atoms with Crippen LogP contribution in [0.2, 0.25) is 0 Å². The topological polar surface area (TPSA) is 87.7 Å². The van der Waals surface area contributed by atoms with Crippen molar-refractivity contribution in [2.75, 3.05) is 23.4 Å². The van der Waals surface area contributed by atoms with Crippen molar-refractivity contribution >= 4 is 29.3 Å². The Bertz CT molecular complexity index is 877. The van der Waals surface area contributed by atoms with Crippen LogP contribution in [0.3, 0.4) is 0 Å². The number of carbonyl (C=O) groups is 3. The van der Waals surface area contributed by atoms with E-state index in [1.54, 1.807) is 29.2 Å². The van der Waals surface area contributed by atoms with Gasteiger partial charge in [-0.15, -0.1) is 0 Å². The van der Waals surface area contributed by atoms with Crippen LogP contribution in [-0.4, -0.2) is 31.1 Å². The van der Waals surface area contributed by atoms with E-state index in [0.717, 1.165) is 11.3 Å². The Hall–Kier alpha value is -3.35. The number of carbonyl (C=O) groups excluding carboxylic acids is 3. The van der Waals surface area contributed by atoms with E-state index in [1.807, 2.05) is 38.1 Å². The molecule has 0 unspecified atom stereocenters. The van der Waals surface area contributed by atoms with Gasteiger partial charge in [0.2, 0.25) is 5.91 Å². The SMILES string of the molecule is CC(C)C(=O)Nc1ccc(C(=O)NCc2cccc(N3CCOC3=O)c2)cc1. The summed E-state index contributed by atoms with van der Waals surface area (Å²) < 4.78 is 4.95. The van der Waals surface area contributed by atoms with Gasteiger partial charge in [-0.3, -0.25) is 14.5 Å².